The van der Waals surface area contributed by atoms with Crippen LogP contribution >= 0.6 is 0 Å². The molecule has 1 amide bonds. The lowest BCUT2D eigenvalue weighted by molar-refractivity contribution is -0.137. The van der Waals surface area contributed by atoms with Crippen molar-refractivity contribution in [2.24, 2.45) is 5.92 Å². The molecule has 4 aliphatic rings. The highest BCUT2D eigenvalue weighted by Gasteiger charge is 2.54. The molecule has 0 aromatic heterocycles. The van der Waals surface area contributed by atoms with E-state index in [4.69, 9.17) is 9.47 Å². The molecule has 2 bridgehead atoms. The van der Waals surface area contributed by atoms with E-state index in [0.29, 0.717) is 43.6 Å². The third-order valence-electron chi connectivity index (χ3n) is 6.52. The predicted octanol–water partition coefficient (Wildman–Crippen LogP) is 2.51. The number of benzene rings is 1. The quantitative estimate of drug-likeness (QED) is 0.733. The van der Waals surface area contributed by atoms with Crippen LogP contribution in [0.1, 0.15) is 37.7 Å². The maximum absolute atomic E-state index is 12.9. The summed E-state index contributed by atoms with van der Waals surface area (Å²) in [6.07, 6.45) is 2.95. The van der Waals surface area contributed by atoms with Gasteiger partial charge in [0.05, 0.1) is 26.2 Å². The zero-order valence-corrected chi connectivity index (χ0v) is 15.9. The number of piperidine rings is 3. The highest BCUT2D eigenvalue weighted by atomic mass is 16.5. The first-order valence-corrected chi connectivity index (χ1v) is 9.98. The summed E-state index contributed by atoms with van der Waals surface area (Å²) < 4.78 is 10.7. The van der Waals surface area contributed by atoms with E-state index in [9.17, 15) is 4.79 Å². The fraction of sp³-hybridized carbons (Fsp3) is 0.667. The van der Waals surface area contributed by atoms with Crippen molar-refractivity contribution in [3.63, 3.8) is 0 Å². The van der Waals surface area contributed by atoms with Crippen LogP contribution in [0.25, 0.3) is 0 Å². The molecule has 4 heterocycles. The summed E-state index contributed by atoms with van der Waals surface area (Å²) >= 11 is 0. The smallest absolute Gasteiger partial charge is 0.225 e. The number of hydrogen-bond acceptors (Lipinski definition) is 4. The first-order valence-electron chi connectivity index (χ1n) is 9.98. The number of fused-ring (bicyclic) bond motifs is 2. The van der Waals surface area contributed by atoms with Crippen LogP contribution in [0.4, 0.5) is 0 Å². The molecule has 4 fully saturated rings. The molecule has 0 saturated carbocycles. The van der Waals surface area contributed by atoms with Crippen molar-refractivity contribution in [2.75, 3.05) is 40.0 Å². The Kier molecular flexibility index (Phi) is 5.18. The van der Waals surface area contributed by atoms with E-state index in [1.807, 2.05) is 19.1 Å². The Morgan fingerprint density at radius 1 is 1.15 bits per heavy atom. The number of amides is 1. The monoisotopic (exact) mass is 358 g/mol. The Morgan fingerprint density at radius 3 is 2.54 bits per heavy atom. The maximum atomic E-state index is 12.9. The number of rotatable bonds is 6. The highest BCUT2D eigenvalue weighted by molar-refractivity contribution is 5.77. The van der Waals surface area contributed by atoms with Crippen LogP contribution in [0, 0.1) is 5.92 Å². The Balaban J connectivity index is 1.58. The molecule has 4 saturated heterocycles. The minimum Gasteiger partial charge on any atom is -0.497 e. The fourth-order valence-electron chi connectivity index (χ4n) is 5.30. The van der Waals surface area contributed by atoms with E-state index in [0.717, 1.165) is 12.3 Å². The Bertz CT molecular complexity index is 625. The molecule has 1 aromatic rings. The van der Waals surface area contributed by atoms with Gasteiger partial charge in [-0.05, 0) is 56.5 Å². The molecule has 0 unspecified atom stereocenters. The topological polar surface area (TPSA) is 42.0 Å². The van der Waals surface area contributed by atoms with E-state index in [2.05, 4.69) is 21.9 Å². The second-order valence-corrected chi connectivity index (χ2v) is 7.73. The number of likely N-dealkylation sites (tertiary alicyclic amines) is 1. The van der Waals surface area contributed by atoms with E-state index in [1.54, 1.807) is 7.11 Å². The first-order chi connectivity index (χ1) is 12.7. The van der Waals surface area contributed by atoms with Gasteiger partial charge in [0.15, 0.2) is 0 Å². The lowest BCUT2D eigenvalue weighted by atomic mass is 9.75. The molecule has 26 heavy (non-hydrogen) atoms. The van der Waals surface area contributed by atoms with Gasteiger partial charge in [0.1, 0.15) is 5.75 Å². The molecule has 1 aromatic carbocycles. The molecule has 5 heteroatoms. The third-order valence-corrected chi connectivity index (χ3v) is 6.52. The average Bonchev–Trinajstić information content (AvgIpc) is 3.12. The molecular formula is C21H30N2O3. The molecule has 0 radical (unpaired) electrons. The summed E-state index contributed by atoms with van der Waals surface area (Å²) in [7, 11) is 1.70. The van der Waals surface area contributed by atoms with E-state index in [1.165, 1.54) is 31.5 Å². The largest absolute Gasteiger partial charge is 0.497 e. The van der Waals surface area contributed by atoms with Crippen molar-refractivity contribution in [3.8, 4) is 5.75 Å². The Morgan fingerprint density at radius 2 is 1.88 bits per heavy atom. The summed E-state index contributed by atoms with van der Waals surface area (Å²) in [5.41, 5.74) is 1.33. The van der Waals surface area contributed by atoms with Crippen LogP contribution in [0.15, 0.2) is 24.3 Å². The van der Waals surface area contributed by atoms with Crippen LogP contribution in [-0.4, -0.2) is 67.7 Å². The van der Waals surface area contributed by atoms with E-state index in [-0.39, 0.29) is 5.91 Å². The van der Waals surface area contributed by atoms with Crippen molar-refractivity contribution < 1.29 is 14.3 Å². The van der Waals surface area contributed by atoms with Crippen LogP contribution in [0.5, 0.6) is 5.75 Å². The number of nitrogens with zero attached hydrogens (tertiary/aromatic N) is 2. The third kappa shape index (κ3) is 3.12. The van der Waals surface area contributed by atoms with Crippen molar-refractivity contribution in [1.29, 1.82) is 0 Å². The van der Waals surface area contributed by atoms with Gasteiger partial charge in [0, 0.05) is 25.1 Å². The number of hydrogen-bond donors (Lipinski definition) is 0. The fourth-order valence-corrected chi connectivity index (χ4v) is 5.30. The van der Waals surface area contributed by atoms with Gasteiger partial charge in [0.2, 0.25) is 5.91 Å². The zero-order valence-electron chi connectivity index (χ0n) is 15.9. The number of carbonyl (C=O) groups excluding carboxylic acids is 1. The lowest BCUT2D eigenvalue weighted by Gasteiger charge is -2.51. The summed E-state index contributed by atoms with van der Waals surface area (Å²) in [4.78, 5) is 17.8. The molecule has 4 aliphatic heterocycles. The normalized spacial score (nSPS) is 32.5. The summed E-state index contributed by atoms with van der Waals surface area (Å²) in [5.74, 6) is 2.20. The molecule has 0 aliphatic carbocycles. The van der Waals surface area contributed by atoms with Gasteiger partial charge in [-0.1, -0.05) is 12.1 Å². The van der Waals surface area contributed by atoms with Crippen molar-refractivity contribution >= 4 is 5.91 Å². The molecule has 142 valence electrons. The molecule has 0 N–H and O–H groups in total. The van der Waals surface area contributed by atoms with Crippen molar-refractivity contribution in [1.82, 2.24) is 9.80 Å². The van der Waals surface area contributed by atoms with Gasteiger partial charge in [-0.25, -0.2) is 0 Å². The van der Waals surface area contributed by atoms with E-state index < -0.39 is 0 Å². The van der Waals surface area contributed by atoms with Crippen LogP contribution < -0.4 is 4.74 Å². The molecule has 5 rings (SSSR count). The summed E-state index contributed by atoms with van der Waals surface area (Å²) in [6.45, 7) is 6.37. The number of carbonyl (C=O) groups is 1. The van der Waals surface area contributed by atoms with Gasteiger partial charge >= 0.3 is 0 Å². The highest BCUT2D eigenvalue weighted by Crippen LogP contribution is 2.46. The van der Waals surface area contributed by atoms with Gasteiger partial charge in [0.25, 0.3) is 0 Å². The zero-order chi connectivity index (χ0) is 18.1. The van der Waals surface area contributed by atoms with Gasteiger partial charge in [-0.3, -0.25) is 9.69 Å². The Labute approximate surface area is 156 Å². The predicted molar refractivity (Wildman–Crippen MR) is 100 cm³/mol. The molecule has 0 spiro atoms. The van der Waals surface area contributed by atoms with Gasteiger partial charge in [-0.15, -0.1) is 0 Å². The number of ether oxygens (including phenoxy) is 2. The minimum absolute atomic E-state index is 0.262. The molecule has 3 atom stereocenters. The van der Waals surface area contributed by atoms with Crippen LogP contribution in [0.2, 0.25) is 0 Å². The standard InChI is InChI=1S/C21H30N2O3/c1-3-26-13-10-19(24)23-14-18(15-4-6-17(25-2)7-5-15)21-20(23)16-8-11-22(21)12-9-16/h4-7,16,18,20-21H,3,8-14H2,1-2H3/t18-,20+,21+/m0/s1. The van der Waals surface area contributed by atoms with Gasteiger partial charge < -0.3 is 14.4 Å². The summed E-state index contributed by atoms with van der Waals surface area (Å²) in [5, 5.41) is 0. The molecule has 5 nitrogen and oxygen atoms in total. The SMILES string of the molecule is CCOCCC(=O)N1C[C@@H](c2ccc(OC)cc2)[C@@H]2[C@H]1C1CCN2CC1. The van der Waals surface area contributed by atoms with Crippen LogP contribution in [0.3, 0.4) is 0 Å². The second-order valence-electron chi connectivity index (χ2n) is 7.73. The first kappa shape index (κ1) is 17.8. The maximum Gasteiger partial charge on any atom is 0.225 e. The molecular weight excluding hydrogens is 328 g/mol. The lowest BCUT2D eigenvalue weighted by Crippen LogP contribution is -2.60. The van der Waals surface area contributed by atoms with Gasteiger partial charge in [-0.2, -0.15) is 0 Å². The average molecular weight is 358 g/mol. The Hall–Kier alpha value is -1.59. The van der Waals surface area contributed by atoms with E-state index >= 15 is 0 Å². The summed E-state index contributed by atoms with van der Waals surface area (Å²) in [6, 6.07) is 9.28. The van der Waals surface area contributed by atoms with Crippen LogP contribution in [-0.2, 0) is 9.53 Å². The minimum atomic E-state index is 0.262. The van der Waals surface area contributed by atoms with Crippen molar-refractivity contribution in [2.45, 2.75) is 44.2 Å². The van der Waals surface area contributed by atoms with Crippen molar-refractivity contribution in [3.05, 3.63) is 29.8 Å². The second kappa shape index (κ2) is 7.57. The number of methoxy groups -OCH3 is 1.